The molecule has 3 atom stereocenters. The van der Waals surface area contributed by atoms with Crippen LogP contribution in [0.5, 0.6) is 0 Å². The summed E-state index contributed by atoms with van der Waals surface area (Å²) < 4.78 is 12.8. The standard InChI is InChI=1S/C13H20FN3/c1-9-7-17(8-10(2)16-9)11(3)13-5-4-12(14)6-15-13/h4-6,9-11,16H,7-8H2,1-3H3. The molecule has 94 valence electrons. The Morgan fingerprint density at radius 1 is 1.35 bits per heavy atom. The van der Waals surface area contributed by atoms with Crippen LogP contribution >= 0.6 is 0 Å². The number of nitrogens with one attached hydrogen (secondary N) is 1. The second-order valence-corrected chi connectivity index (χ2v) is 5.00. The molecular formula is C13H20FN3. The summed E-state index contributed by atoms with van der Waals surface area (Å²) in [6.07, 6.45) is 1.29. The minimum Gasteiger partial charge on any atom is -0.309 e. The van der Waals surface area contributed by atoms with Gasteiger partial charge in [0.2, 0.25) is 0 Å². The molecule has 1 saturated heterocycles. The Morgan fingerprint density at radius 3 is 2.53 bits per heavy atom. The smallest absolute Gasteiger partial charge is 0.141 e. The fourth-order valence-electron chi connectivity index (χ4n) is 2.51. The van der Waals surface area contributed by atoms with Gasteiger partial charge in [-0.25, -0.2) is 4.39 Å². The molecule has 1 fully saturated rings. The van der Waals surface area contributed by atoms with Crippen LogP contribution in [0.4, 0.5) is 4.39 Å². The third kappa shape index (κ3) is 3.01. The summed E-state index contributed by atoms with van der Waals surface area (Å²) in [4.78, 5) is 6.56. The largest absolute Gasteiger partial charge is 0.309 e. The van der Waals surface area contributed by atoms with Crippen molar-refractivity contribution < 1.29 is 4.39 Å². The summed E-state index contributed by atoms with van der Waals surface area (Å²) in [7, 11) is 0. The summed E-state index contributed by atoms with van der Waals surface area (Å²) in [5.41, 5.74) is 0.938. The van der Waals surface area contributed by atoms with Crippen molar-refractivity contribution in [2.24, 2.45) is 0 Å². The highest BCUT2D eigenvalue weighted by molar-refractivity contribution is 5.10. The van der Waals surface area contributed by atoms with E-state index in [1.807, 2.05) is 0 Å². The molecule has 3 unspecified atom stereocenters. The topological polar surface area (TPSA) is 28.2 Å². The van der Waals surface area contributed by atoms with E-state index in [4.69, 9.17) is 0 Å². The third-order valence-electron chi connectivity index (χ3n) is 3.31. The van der Waals surface area contributed by atoms with Gasteiger partial charge in [0.25, 0.3) is 0 Å². The van der Waals surface area contributed by atoms with E-state index in [0.29, 0.717) is 12.1 Å². The van der Waals surface area contributed by atoms with Crippen molar-refractivity contribution in [3.05, 3.63) is 29.8 Å². The number of halogens is 1. The summed E-state index contributed by atoms with van der Waals surface area (Å²) in [6.45, 7) is 8.51. The van der Waals surface area contributed by atoms with Crippen molar-refractivity contribution in [1.29, 1.82) is 0 Å². The van der Waals surface area contributed by atoms with Crippen LogP contribution in [0.25, 0.3) is 0 Å². The highest BCUT2D eigenvalue weighted by Crippen LogP contribution is 2.20. The van der Waals surface area contributed by atoms with Crippen LogP contribution < -0.4 is 5.32 Å². The number of nitrogens with zero attached hydrogens (tertiary/aromatic N) is 2. The molecule has 4 heteroatoms. The van der Waals surface area contributed by atoms with Crippen LogP contribution in [0, 0.1) is 5.82 Å². The minimum atomic E-state index is -0.275. The van der Waals surface area contributed by atoms with Gasteiger partial charge in [0.1, 0.15) is 5.82 Å². The number of hydrogen-bond donors (Lipinski definition) is 1. The summed E-state index contributed by atoms with van der Waals surface area (Å²) >= 11 is 0. The summed E-state index contributed by atoms with van der Waals surface area (Å²) in [5.74, 6) is -0.275. The van der Waals surface area contributed by atoms with Crippen molar-refractivity contribution in [2.75, 3.05) is 13.1 Å². The molecule has 0 spiro atoms. The Hall–Kier alpha value is -1.00. The zero-order valence-electron chi connectivity index (χ0n) is 10.7. The van der Waals surface area contributed by atoms with Crippen LogP contribution in [-0.2, 0) is 0 Å². The average molecular weight is 237 g/mol. The Morgan fingerprint density at radius 2 is 2.00 bits per heavy atom. The molecule has 0 aliphatic carbocycles. The van der Waals surface area contributed by atoms with Crippen LogP contribution in [0.15, 0.2) is 18.3 Å². The van der Waals surface area contributed by atoms with E-state index in [2.05, 4.69) is 36.0 Å². The second kappa shape index (κ2) is 5.10. The normalized spacial score (nSPS) is 28.0. The quantitative estimate of drug-likeness (QED) is 0.852. The van der Waals surface area contributed by atoms with E-state index >= 15 is 0 Å². The first-order valence-electron chi connectivity index (χ1n) is 6.18. The van der Waals surface area contributed by atoms with Gasteiger partial charge in [-0.05, 0) is 32.9 Å². The van der Waals surface area contributed by atoms with Gasteiger partial charge in [-0.2, -0.15) is 0 Å². The van der Waals surface area contributed by atoms with Gasteiger partial charge < -0.3 is 5.32 Å². The SMILES string of the molecule is CC1CN(C(C)c2ccc(F)cn2)CC(C)N1. The maximum atomic E-state index is 12.8. The third-order valence-corrected chi connectivity index (χ3v) is 3.31. The van der Waals surface area contributed by atoms with Gasteiger partial charge in [0.05, 0.1) is 11.9 Å². The molecule has 0 radical (unpaired) electrons. The Bertz CT molecular complexity index is 355. The number of piperazine rings is 1. The van der Waals surface area contributed by atoms with E-state index in [1.165, 1.54) is 12.3 Å². The van der Waals surface area contributed by atoms with Crippen LogP contribution in [0.3, 0.4) is 0 Å². The molecule has 1 N–H and O–H groups in total. The zero-order valence-corrected chi connectivity index (χ0v) is 10.7. The molecule has 17 heavy (non-hydrogen) atoms. The summed E-state index contributed by atoms with van der Waals surface area (Å²) in [6, 6.07) is 4.47. The molecule has 0 aromatic carbocycles. The Labute approximate surface area is 102 Å². The first-order chi connectivity index (χ1) is 8.06. The maximum absolute atomic E-state index is 12.8. The van der Waals surface area contributed by atoms with Gasteiger partial charge in [0.15, 0.2) is 0 Å². The second-order valence-electron chi connectivity index (χ2n) is 5.00. The number of pyridine rings is 1. The molecule has 0 bridgehead atoms. The number of rotatable bonds is 2. The zero-order chi connectivity index (χ0) is 12.4. The minimum absolute atomic E-state index is 0.239. The molecule has 0 saturated carbocycles. The van der Waals surface area contributed by atoms with Crippen LogP contribution in [0.2, 0.25) is 0 Å². The predicted octanol–water partition coefficient (Wildman–Crippen LogP) is 1.96. The Balaban J connectivity index is 2.08. The molecule has 1 aromatic heterocycles. The molecule has 2 heterocycles. The lowest BCUT2D eigenvalue weighted by Crippen LogP contribution is -2.54. The van der Waals surface area contributed by atoms with Crippen LogP contribution in [0.1, 0.15) is 32.5 Å². The highest BCUT2D eigenvalue weighted by atomic mass is 19.1. The fraction of sp³-hybridized carbons (Fsp3) is 0.615. The lowest BCUT2D eigenvalue weighted by Gasteiger charge is -2.39. The predicted molar refractivity (Wildman–Crippen MR) is 66.2 cm³/mol. The van der Waals surface area contributed by atoms with Gasteiger partial charge in [-0.15, -0.1) is 0 Å². The molecule has 1 aliphatic rings. The first kappa shape index (κ1) is 12.5. The number of aromatic nitrogens is 1. The van der Waals surface area contributed by atoms with Crippen molar-refractivity contribution >= 4 is 0 Å². The maximum Gasteiger partial charge on any atom is 0.141 e. The molecule has 3 nitrogen and oxygen atoms in total. The molecular weight excluding hydrogens is 217 g/mol. The molecule has 0 amide bonds. The van der Waals surface area contributed by atoms with Gasteiger partial charge in [-0.3, -0.25) is 9.88 Å². The highest BCUT2D eigenvalue weighted by Gasteiger charge is 2.25. The van der Waals surface area contributed by atoms with E-state index in [-0.39, 0.29) is 11.9 Å². The Kier molecular flexibility index (Phi) is 3.74. The lowest BCUT2D eigenvalue weighted by atomic mass is 10.1. The monoisotopic (exact) mass is 237 g/mol. The number of hydrogen-bond acceptors (Lipinski definition) is 3. The van der Waals surface area contributed by atoms with Gasteiger partial charge >= 0.3 is 0 Å². The van der Waals surface area contributed by atoms with Gasteiger partial charge in [0, 0.05) is 31.2 Å². The van der Waals surface area contributed by atoms with E-state index in [9.17, 15) is 4.39 Å². The van der Waals surface area contributed by atoms with Gasteiger partial charge in [-0.1, -0.05) is 0 Å². The average Bonchev–Trinajstić information content (AvgIpc) is 2.28. The molecule has 2 rings (SSSR count). The van der Waals surface area contributed by atoms with Crippen molar-refractivity contribution in [3.63, 3.8) is 0 Å². The van der Waals surface area contributed by atoms with Crippen molar-refractivity contribution in [2.45, 2.75) is 38.9 Å². The van der Waals surface area contributed by atoms with Crippen LogP contribution in [-0.4, -0.2) is 35.1 Å². The molecule has 1 aromatic rings. The summed E-state index contributed by atoms with van der Waals surface area (Å²) in [5, 5.41) is 3.50. The lowest BCUT2D eigenvalue weighted by molar-refractivity contribution is 0.129. The van der Waals surface area contributed by atoms with E-state index in [1.54, 1.807) is 6.07 Å². The molecule has 1 aliphatic heterocycles. The van der Waals surface area contributed by atoms with Crippen molar-refractivity contribution in [1.82, 2.24) is 15.2 Å². The fourth-order valence-corrected chi connectivity index (χ4v) is 2.51. The van der Waals surface area contributed by atoms with Crippen molar-refractivity contribution in [3.8, 4) is 0 Å². The van der Waals surface area contributed by atoms with E-state index in [0.717, 1.165) is 18.8 Å². The first-order valence-corrected chi connectivity index (χ1v) is 6.18. The van der Waals surface area contributed by atoms with E-state index < -0.39 is 0 Å².